The highest BCUT2D eigenvalue weighted by molar-refractivity contribution is 7.99. The molecule has 0 atom stereocenters. The number of aryl methyl sites for hydroxylation is 1. The smallest absolute Gasteiger partial charge is 0.234 e. The molecule has 5 rings (SSSR count). The molecule has 174 valence electrons. The lowest BCUT2D eigenvalue weighted by Crippen LogP contribution is -2.15. The fraction of sp³-hybridized carbons (Fsp3) is 0.111. The maximum absolute atomic E-state index is 12.8. The average Bonchev–Trinajstić information content (AvgIpc) is 3.30. The minimum Gasteiger partial charge on any atom is -0.485 e. The van der Waals surface area contributed by atoms with Gasteiger partial charge in [0.05, 0.1) is 17.0 Å². The molecular weight excluding hydrogens is 458 g/mol. The van der Waals surface area contributed by atoms with Crippen molar-refractivity contribution in [3.63, 3.8) is 0 Å². The van der Waals surface area contributed by atoms with Gasteiger partial charge in [-0.05, 0) is 55.0 Å². The van der Waals surface area contributed by atoms with Crippen LogP contribution in [0.3, 0.4) is 0 Å². The van der Waals surface area contributed by atoms with Crippen LogP contribution in [0.25, 0.3) is 16.6 Å². The summed E-state index contributed by atoms with van der Waals surface area (Å²) in [4.78, 5) is 17.1. The number of pyridine rings is 1. The van der Waals surface area contributed by atoms with Gasteiger partial charge in [-0.2, -0.15) is 0 Å². The van der Waals surface area contributed by atoms with Crippen LogP contribution in [0.4, 0.5) is 5.69 Å². The number of para-hydroxylation sites is 2. The highest BCUT2D eigenvalue weighted by Crippen LogP contribution is 2.25. The van der Waals surface area contributed by atoms with Crippen molar-refractivity contribution in [3.8, 4) is 11.4 Å². The van der Waals surface area contributed by atoms with E-state index >= 15 is 0 Å². The van der Waals surface area contributed by atoms with Crippen LogP contribution in [0.5, 0.6) is 5.75 Å². The van der Waals surface area contributed by atoms with Crippen molar-refractivity contribution in [1.29, 1.82) is 0 Å². The van der Waals surface area contributed by atoms with Crippen LogP contribution in [-0.2, 0) is 11.4 Å². The van der Waals surface area contributed by atoms with E-state index in [2.05, 4.69) is 20.5 Å². The quantitative estimate of drug-likeness (QED) is 0.298. The van der Waals surface area contributed by atoms with Crippen molar-refractivity contribution in [2.45, 2.75) is 18.7 Å². The van der Waals surface area contributed by atoms with Crippen molar-refractivity contribution >= 4 is 34.3 Å². The highest BCUT2D eigenvalue weighted by Gasteiger charge is 2.17. The number of carbonyl (C=O) groups excluding carboxylic acids is 1. The Kier molecular flexibility index (Phi) is 6.72. The Morgan fingerprint density at radius 3 is 2.63 bits per heavy atom. The van der Waals surface area contributed by atoms with Gasteiger partial charge in [0.1, 0.15) is 12.4 Å². The number of hydrogen-bond donors (Lipinski definition) is 1. The number of thioether (sulfide) groups is 1. The zero-order chi connectivity index (χ0) is 24.0. The van der Waals surface area contributed by atoms with Crippen LogP contribution in [0.1, 0.15) is 11.4 Å². The van der Waals surface area contributed by atoms with E-state index in [0.717, 1.165) is 33.6 Å². The molecule has 0 bridgehead atoms. The fourth-order valence-corrected chi connectivity index (χ4v) is 4.48. The Morgan fingerprint density at radius 2 is 1.77 bits per heavy atom. The Hall–Kier alpha value is -4.17. The predicted molar refractivity (Wildman–Crippen MR) is 138 cm³/mol. The summed E-state index contributed by atoms with van der Waals surface area (Å²) in [6.45, 7) is 2.26. The van der Waals surface area contributed by atoms with Crippen LogP contribution >= 0.6 is 11.8 Å². The molecule has 0 saturated heterocycles. The number of aromatic nitrogens is 4. The first-order valence-corrected chi connectivity index (χ1v) is 12.1. The first kappa shape index (κ1) is 22.6. The molecule has 7 nitrogen and oxygen atoms in total. The molecule has 0 aliphatic heterocycles. The van der Waals surface area contributed by atoms with Gasteiger partial charge in [-0.15, -0.1) is 10.2 Å². The number of benzene rings is 3. The summed E-state index contributed by atoms with van der Waals surface area (Å²) in [7, 11) is 0. The van der Waals surface area contributed by atoms with Crippen LogP contribution in [0.15, 0.2) is 96.3 Å². The number of nitrogens with one attached hydrogen (secondary N) is 1. The number of rotatable bonds is 8. The van der Waals surface area contributed by atoms with E-state index in [4.69, 9.17) is 4.74 Å². The van der Waals surface area contributed by atoms with E-state index in [1.54, 1.807) is 6.20 Å². The van der Waals surface area contributed by atoms with Gasteiger partial charge in [-0.25, -0.2) is 0 Å². The summed E-state index contributed by atoms with van der Waals surface area (Å²) in [6, 6.07) is 27.2. The summed E-state index contributed by atoms with van der Waals surface area (Å²) in [6.07, 6.45) is 1.74. The molecule has 0 spiro atoms. The standard InChI is InChI=1S/C27H23N5O2S/c1-19-9-5-6-15-24(19)34-17-25-30-31-27(32(25)20-10-3-2-4-11-20)35-18-26(33)29-23-14-7-13-22-21(23)12-8-16-28-22/h2-16H,17-18H2,1H3,(H,29,33). The van der Waals surface area contributed by atoms with Gasteiger partial charge in [-0.1, -0.05) is 54.2 Å². The van der Waals surface area contributed by atoms with Crippen LogP contribution in [-0.4, -0.2) is 31.4 Å². The molecule has 3 aromatic carbocycles. The van der Waals surface area contributed by atoms with Crippen molar-refractivity contribution in [2.75, 3.05) is 11.1 Å². The number of ether oxygens (including phenoxy) is 1. The Balaban J connectivity index is 1.33. The summed E-state index contributed by atoms with van der Waals surface area (Å²) in [5, 5.41) is 13.2. The van der Waals surface area contributed by atoms with Gasteiger partial charge >= 0.3 is 0 Å². The Morgan fingerprint density at radius 1 is 0.943 bits per heavy atom. The number of anilines is 1. The monoisotopic (exact) mass is 481 g/mol. The molecule has 35 heavy (non-hydrogen) atoms. The number of carbonyl (C=O) groups is 1. The topological polar surface area (TPSA) is 81.9 Å². The third-order valence-electron chi connectivity index (χ3n) is 5.42. The Bertz CT molecular complexity index is 1460. The maximum Gasteiger partial charge on any atom is 0.234 e. The molecule has 0 unspecified atom stereocenters. The molecule has 1 amide bonds. The second-order valence-electron chi connectivity index (χ2n) is 7.84. The fourth-order valence-electron chi connectivity index (χ4n) is 3.71. The summed E-state index contributed by atoms with van der Waals surface area (Å²) in [5.41, 5.74) is 3.52. The minimum absolute atomic E-state index is 0.133. The predicted octanol–water partition coefficient (Wildman–Crippen LogP) is 5.43. The molecule has 1 N–H and O–H groups in total. The van der Waals surface area contributed by atoms with E-state index < -0.39 is 0 Å². The SMILES string of the molecule is Cc1ccccc1OCc1nnc(SCC(=O)Nc2cccc3ncccc23)n1-c1ccccc1. The largest absolute Gasteiger partial charge is 0.485 e. The number of hydrogen-bond acceptors (Lipinski definition) is 6. The lowest BCUT2D eigenvalue weighted by atomic mass is 10.2. The van der Waals surface area contributed by atoms with Gasteiger partial charge in [0.15, 0.2) is 11.0 Å². The maximum atomic E-state index is 12.8. The first-order valence-electron chi connectivity index (χ1n) is 11.1. The molecule has 2 heterocycles. The lowest BCUT2D eigenvalue weighted by Gasteiger charge is -2.12. The van der Waals surface area contributed by atoms with E-state index in [9.17, 15) is 4.79 Å². The van der Waals surface area contributed by atoms with Crippen molar-refractivity contribution < 1.29 is 9.53 Å². The molecule has 0 saturated carbocycles. The molecular formula is C27H23N5O2S. The molecule has 0 fully saturated rings. The summed E-state index contributed by atoms with van der Waals surface area (Å²) < 4.78 is 7.95. The van der Waals surface area contributed by atoms with E-state index in [0.29, 0.717) is 11.0 Å². The van der Waals surface area contributed by atoms with Gasteiger partial charge < -0.3 is 10.1 Å². The number of nitrogens with zero attached hydrogens (tertiary/aromatic N) is 4. The average molecular weight is 482 g/mol. The second kappa shape index (κ2) is 10.4. The molecule has 0 aliphatic carbocycles. The van der Waals surface area contributed by atoms with Gasteiger partial charge in [0.25, 0.3) is 0 Å². The van der Waals surface area contributed by atoms with Crippen LogP contribution < -0.4 is 10.1 Å². The van der Waals surface area contributed by atoms with E-state index in [-0.39, 0.29) is 18.3 Å². The lowest BCUT2D eigenvalue weighted by molar-refractivity contribution is -0.113. The third kappa shape index (κ3) is 5.17. The van der Waals surface area contributed by atoms with E-state index in [1.165, 1.54) is 11.8 Å². The minimum atomic E-state index is -0.133. The second-order valence-corrected chi connectivity index (χ2v) is 8.78. The number of amides is 1. The highest BCUT2D eigenvalue weighted by atomic mass is 32.2. The molecule has 0 radical (unpaired) electrons. The first-order chi connectivity index (χ1) is 17.2. The molecule has 0 aliphatic rings. The van der Waals surface area contributed by atoms with Crippen LogP contribution in [0, 0.1) is 6.92 Å². The zero-order valence-corrected chi connectivity index (χ0v) is 19.9. The molecule has 2 aromatic heterocycles. The summed E-state index contributed by atoms with van der Waals surface area (Å²) >= 11 is 1.33. The van der Waals surface area contributed by atoms with Gasteiger partial charge in [0.2, 0.25) is 5.91 Å². The van der Waals surface area contributed by atoms with Crippen molar-refractivity contribution in [2.24, 2.45) is 0 Å². The van der Waals surface area contributed by atoms with Crippen molar-refractivity contribution in [1.82, 2.24) is 19.7 Å². The zero-order valence-electron chi connectivity index (χ0n) is 19.1. The Labute approximate surface area is 207 Å². The summed E-state index contributed by atoms with van der Waals surface area (Å²) in [5.74, 6) is 1.50. The normalized spacial score (nSPS) is 10.9. The van der Waals surface area contributed by atoms with Crippen LogP contribution in [0.2, 0.25) is 0 Å². The third-order valence-corrected chi connectivity index (χ3v) is 6.35. The van der Waals surface area contributed by atoms with Gasteiger partial charge in [-0.3, -0.25) is 14.3 Å². The molecule has 5 aromatic rings. The van der Waals surface area contributed by atoms with Gasteiger partial charge in [0, 0.05) is 17.3 Å². The number of fused-ring (bicyclic) bond motifs is 1. The molecule has 8 heteroatoms. The van der Waals surface area contributed by atoms with Crippen molar-refractivity contribution in [3.05, 3.63) is 103 Å². The van der Waals surface area contributed by atoms with E-state index in [1.807, 2.05) is 96.4 Å².